The van der Waals surface area contributed by atoms with Crippen molar-refractivity contribution < 1.29 is 9.59 Å². The van der Waals surface area contributed by atoms with Crippen molar-refractivity contribution in [2.45, 2.75) is 12.6 Å². The first-order valence-electron chi connectivity index (χ1n) is 7.09. The Morgan fingerprint density at radius 1 is 1.05 bits per heavy atom. The van der Waals surface area contributed by atoms with Crippen molar-refractivity contribution in [2.75, 3.05) is 13.1 Å². The standard InChI is InChI=1S/C16H15N3O2/c20-15-11-4-1-2-5-12(11)16(21)19(15)10-13-14-6-3-8-18(14)9-7-17-13/h1-6,8,13,17H,7,9-10H2/t13-/m1/s1. The predicted octanol–water partition coefficient (Wildman–Crippen LogP) is 1.43. The third-order valence-corrected chi connectivity index (χ3v) is 4.21. The summed E-state index contributed by atoms with van der Waals surface area (Å²) in [4.78, 5) is 26.2. The Kier molecular flexibility index (Phi) is 2.68. The zero-order valence-electron chi connectivity index (χ0n) is 11.5. The van der Waals surface area contributed by atoms with Gasteiger partial charge in [-0.2, -0.15) is 0 Å². The molecule has 1 N–H and O–H groups in total. The first-order valence-corrected chi connectivity index (χ1v) is 7.09. The highest BCUT2D eigenvalue weighted by Gasteiger charge is 2.37. The van der Waals surface area contributed by atoms with Crippen LogP contribution in [0.25, 0.3) is 0 Å². The number of rotatable bonds is 2. The molecular formula is C16H15N3O2. The second-order valence-electron chi connectivity index (χ2n) is 5.40. The lowest BCUT2D eigenvalue weighted by Crippen LogP contribution is -2.42. The highest BCUT2D eigenvalue weighted by atomic mass is 16.2. The Morgan fingerprint density at radius 2 is 1.76 bits per heavy atom. The minimum absolute atomic E-state index is 0.00374. The summed E-state index contributed by atoms with van der Waals surface area (Å²) in [7, 11) is 0. The van der Waals surface area contributed by atoms with Crippen LogP contribution >= 0.6 is 0 Å². The van der Waals surface area contributed by atoms with E-state index in [2.05, 4.69) is 9.88 Å². The normalized spacial score (nSPS) is 20.6. The van der Waals surface area contributed by atoms with E-state index >= 15 is 0 Å². The molecule has 21 heavy (non-hydrogen) atoms. The molecular weight excluding hydrogens is 266 g/mol. The van der Waals surface area contributed by atoms with Crippen LogP contribution in [0.2, 0.25) is 0 Å². The largest absolute Gasteiger partial charge is 0.349 e. The van der Waals surface area contributed by atoms with Crippen LogP contribution in [-0.2, 0) is 6.54 Å². The Labute approximate surface area is 122 Å². The van der Waals surface area contributed by atoms with E-state index in [-0.39, 0.29) is 17.9 Å². The molecule has 1 aromatic heterocycles. The van der Waals surface area contributed by atoms with Gasteiger partial charge in [-0.15, -0.1) is 0 Å². The van der Waals surface area contributed by atoms with E-state index in [4.69, 9.17) is 0 Å². The summed E-state index contributed by atoms with van der Waals surface area (Å²) < 4.78 is 2.17. The summed E-state index contributed by atoms with van der Waals surface area (Å²) in [5, 5.41) is 3.39. The number of aromatic nitrogens is 1. The lowest BCUT2D eigenvalue weighted by Gasteiger charge is -2.29. The van der Waals surface area contributed by atoms with Crippen LogP contribution in [0.15, 0.2) is 42.6 Å². The molecule has 2 aliphatic heterocycles. The number of imide groups is 1. The number of fused-ring (bicyclic) bond motifs is 2. The zero-order valence-corrected chi connectivity index (χ0v) is 11.5. The fraction of sp³-hybridized carbons (Fsp3) is 0.250. The molecule has 3 heterocycles. The summed E-state index contributed by atoms with van der Waals surface area (Å²) in [6.45, 7) is 2.13. The van der Waals surface area contributed by atoms with Crippen LogP contribution in [0.1, 0.15) is 32.5 Å². The van der Waals surface area contributed by atoms with Crippen LogP contribution in [0.4, 0.5) is 0 Å². The topological polar surface area (TPSA) is 54.3 Å². The van der Waals surface area contributed by atoms with Gasteiger partial charge >= 0.3 is 0 Å². The number of benzene rings is 1. The Bertz CT molecular complexity index is 700. The second-order valence-corrected chi connectivity index (χ2v) is 5.40. The van der Waals surface area contributed by atoms with Gasteiger partial charge < -0.3 is 9.88 Å². The molecule has 1 aromatic carbocycles. The monoisotopic (exact) mass is 281 g/mol. The van der Waals surface area contributed by atoms with Crippen molar-refractivity contribution >= 4 is 11.8 Å². The summed E-state index contributed by atoms with van der Waals surface area (Å²) in [6.07, 6.45) is 2.03. The minimum atomic E-state index is -0.193. The summed E-state index contributed by atoms with van der Waals surface area (Å²) >= 11 is 0. The predicted molar refractivity (Wildman–Crippen MR) is 77.0 cm³/mol. The molecule has 0 unspecified atom stereocenters. The van der Waals surface area contributed by atoms with Crippen molar-refractivity contribution in [1.29, 1.82) is 0 Å². The minimum Gasteiger partial charge on any atom is -0.349 e. The van der Waals surface area contributed by atoms with Gasteiger partial charge in [0.2, 0.25) is 0 Å². The maximum absolute atomic E-state index is 12.4. The molecule has 0 saturated carbocycles. The van der Waals surface area contributed by atoms with E-state index in [1.54, 1.807) is 24.3 Å². The molecule has 0 aliphatic carbocycles. The van der Waals surface area contributed by atoms with Gasteiger partial charge in [-0.1, -0.05) is 12.1 Å². The van der Waals surface area contributed by atoms with E-state index in [1.165, 1.54) is 4.90 Å². The van der Waals surface area contributed by atoms with Gasteiger partial charge in [0.05, 0.1) is 23.7 Å². The quantitative estimate of drug-likeness (QED) is 0.847. The number of hydrogen-bond donors (Lipinski definition) is 1. The maximum atomic E-state index is 12.4. The van der Waals surface area contributed by atoms with Gasteiger partial charge in [-0.25, -0.2) is 0 Å². The molecule has 4 rings (SSSR count). The van der Waals surface area contributed by atoms with Crippen molar-refractivity contribution in [2.24, 2.45) is 0 Å². The van der Waals surface area contributed by atoms with Gasteiger partial charge in [0.25, 0.3) is 11.8 Å². The molecule has 5 nitrogen and oxygen atoms in total. The molecule has 0 bridgehead atoms. The third kappa shape index (κ3) is 1.81. The van der Waals surface area contributed by atoms with Gasteiger partial charge in [0, 0.05) is 25.0 Å². The van der Waals surface area contributed by atoms with Gasteiger partial charge in [0.15, 0.2) is 0 Å². The van der Waals surface area contributed by atoms with Crippen LogP contribution in [0, 0.1) is 0 Å². The van der Waals surface area contributed by atoms with Crippen LogP contribution < -0.4 is 5.32 Å². The number of hydrogen-bond acceptors (Lipinski definition) is 3. The maximum Gasteiger partial charge on any atom is 0.261 e. The van der Waals surface area contributed by atoms with Crippen molar-refractivity contribution in [1.82, 2.24) is 14.8 Å². The molecule has 2 aliphatic rings. The van der Waals surface area contributed by atoms with Crippen LogP contribution in [-0.4, -0.2) is 34.4 Å². The molecule has 0 saturated heterocycles. The highest BCUT2D eigenvalue weighted by molar-refractivity contribution is 6.21. The van der Waals surface area contributed by atoms with Crippen molar-refractivity contribution in [3.63, 3.8) is 0 Å². The number of carbonyl (C=O) groups excluding carboxylic acids is 2. The van der Waals surface area contributed by atoms with Crippen molar-refractivity contribution in [3.8, 4) is 0 Å². The average Bonchev–Trinajstić information content (AvgIpc) is 3.08. The van der Waals surface area contributed by atoms with Crippen molar-refractivity contribution in [3.05, 3.63) is 59.4 Å². The van der Waals surface area contributed by atoms with E-state index in [1.807, 2.05) is 18.3 Å². The Hall–Kier alpha value is -2.40. The molecule has 106 valence electrons. The zero-order chi connectivity index (χ0) is 14.4. The van der Waals surface area contributed by atoms with E-state index in [9.17, 15) is 9.59 Å². The molecule has 1 atom stereocenters. The lowest BCUT2D eigenvalue weighted by molar-refractivity contribution is 0.0634. The van der Waals surface area contributed by atoms with Gasteiger partial charge in [0.1, 0.15) is 0 Å². The molecule has 2 amide bonds. The first kappa shape index (κ1) is 12.3. The smallest absolute Gasteiger partial charge is 0.261 e. The number of carbonyl (C=O) groups is 2. The van der Waals surface area contributed by atoms with Gasteiger partial charge in [-0.05, 0) is 24.3 Å². The third-order valence-electron chi connectivity index (χ3n) is 4.21. The summed E-state index contributed by atoms with van der Waals surface area (Å²) in [5.41, 5.74) is 2.14. The number of nitrogens with one attached hydrogen (secondary N) is 1. The number of nitrogens with zero attached hydrogens (tertiary/aromatic N) is 2. The van der Waals surface area contributed by atoms with E-state index in [0.29, 0.717) is 17.7 Å². The molecule has 0 spiro atoms. The van der Waals surface area contributed by atoms with Crippen LogP contribution in [0.3, 0.4) is 0 Å². The van der Waals surface area contributed by atoms with E-state index < -0.39 is 0 Å². The molecule has 0 radical (unpaired) electrons. The van der Waals surface area contributed by atoms with Gasteiger partial charge in [-0.3, -0.25) is 14.5 Å². The SMILES string of the molecule is O=C1c2ccccc2C(=O)N1C[C@H]1NCCn2cccc21. The first-order chi connectivity index (χ1) is 10.3. The average molecular weight is 281 g/mol. The van der Waals surface area contributed by atoms with E-state index in [0.717, 1.165) is 18.8 Å². The number of amides is 2. The summed E-state index contributed by atoms with van der Waals surface area (Å²) in [5.74, 6) is -0.387. The Morgan fingerprint density at radius 3 is 2.48 bits per heavy atom. The molecule has 5 heteroatoms. The highest BCUT2D eigenvalue weighted by Crippen LogP contribution is 2.26. The Balaban J connectivity index is 1.63. The lowest BCUT2D eigenvalue weighted by atomic mass is 10.1. The summed E-state index contributed by atoms with van der Waals surface area (Å²) in [6, 6.07) is 11.0. The van der Waals surface area contributed by atoms with Crippen LogP contribution in [0.5, 0.6) is 0 Å². The second kappa shape index (κ2) is 4.56. The fourth-order valence-electron chi connectivity index (χ4n) is 3.16. The molecule has 2 aromatic rings. The fourth-order valence-corrected chi connectivity index (χ4v) is 3.16. The molecule has 0 fully saturated rings.